The molecular weight excluding hydrogens is 642 g/mol. The average Bonchev–Trinajstić information content (AvgIpc) is 3.54. The molecular formula is C38H42F2N6O4. The minimum Gasteiger partial charge on any atom is -0.378 e. The van der Waals surface area contributed by atoms with E-state index in [9.17, 15) is 23.2 Å². The Labute approximate surface area is 290 Å². The minimum atomic E-state index is -2.67. The number of carbonyl (C=O) groups is 3. The van der Waals surface area contributed by atoms with Crippen molar-refractivity contribution < 1.29 is 27.9 Å². The summed E-state index contributed by atoms with van der Waals surface area (Å²) in [6.45, 7) is 10.2. The molecule has 3 heterocycles. The maximum Gasteiger partial charge on any atom is 0.263 e. The van der Waals surface area contributed by atoms with Crippen LogP contribution >= 0.6 is 0 Å². The molecule has 1 fully saturated rings. The number of amides is 3. The van der Waals surface area contributed by atoms with E-state index in [0.29, 0.717) is 30.5 Å². The van der Waals surface area contributed by atoms with Crippen LogP contribution in [0.2, 0.25) is 0 Å². The van der Waals surface area contributed by atoms with Gasteiger partial charge in [-0.2, -0.15) is 5.10 Å². The van der Waals surface area contributed by atoms with Gasteiger partial charge in [0.05, 0.1) is 31.1 Å². The van der Waals surface area contributed by atoms with Crippen molar-refractivity contribution in [1.82, 2.24) is 25.3 Å². The first-order chi connectivity index (χ1) is 24.1. The number of nitrogens with one attached hydrogen (secondary N) is 2. The van der Waals surface area contributed by atoms with Crippen LogP contribution in [0.4, 0.5) is 14.6 Å². The molecule has 4 aromatic rings. The molecule has 1 saturated heterocycles. The van der Waals surface area contributed by atoms with Gasteiger partial charge >= 0.3 is 0 Å². The van der Waals surface area contributed by atoms with Gasteiger partial charge in [-0.15, -0.1) is 0 Å². The molecule has 2 unspecified atom stereocenters. The van der Waals surface area contributed by atoms with Gasteiger partial charge in [-0.3, -0.25) is 24.2 Å². The first-order valence-corrected chi connectivity index (χ1v) is 16.5. The smallest absolute Gasteiger partial charge is 0.263 e. The molecule has 0 bridgehead atoms. The van der Waals surface area contributed by atoms with Crippen LogP contribution < -0.4 is 15.5 Å². The van der Waals surface area contributed by atoms with E-state index in [4.69, 9.17) is 4.74 Å². The highest BCUT2D eigenvalue weighted by molar-refractivity contribution is 6.04. The van der Waals surface area contributed by atoms with Gasteiger partial charge in [0.15, 0.2) is 0 Å². The van der Waals surface area contributed by atoms with Crippen LogP contribution in [0.1, 0.15) is 47.3 Å². The van der Waals surface area contributed by atoms with Crippen molar-refractivity contribution in [2.75, 3.05) is 31.7 Å². The zero-order valence-corrected chi connectivity index (χ0v) is 28.4. The van der Waals surface area contributed by atoms with E-state index in [2.05, 4.69) is 27.2 Å². The van der Waals surface area contributed by atoms with Crippen molar-refractivity contribution in [3.05, 3.63) is 126 Å². The summed E-state index contributed by atoms with van der Waals surface area (Å²) in [6.07, 6.45) is -0.706. The molecule has 0 spiro atoms. The van der Waals surface area contributed by atoms with Crippen LogP contribution in [0.3, 0.4) is 0 Å². The van der Waals surface area contributed by atoms with Crippen LogP contribution in [0.15, 0.2) is 103 Å². The lowest BCUT2D eigenvalue weighted by Crippen LogP contribution is -2.53. The largest absolute Gasteiger partial charge is 0.378 e. The number of hydrogen-bond donors (Lipinski definition) is 2. The SMILES string of the molecule is C=C(C(=O)NCc1ccccc1)C(C)N(C)C1COC1.CCN1C(=O)C(NC(=O)c2cccc(C(F)F)c2)Cc2cnn(-c3ccccc3)c21. The molecule has 0 saturated carbocycles. The summed E-state index contributed by atoms with van der Waals surface area (Å²) < 4.78 is 32.8. The number of rotatable bonds is 11. The van der Waals surface area contributed by atoms with Crippen molar-refractivity contribution in [3.8, 4) is 5.69 Å². The first kappa shape index (κ1) is 36.1. The van der Waals surface area contributed by atoms with Crippen LogP contribution in [-0.2, 0) is 27.3 Å². The second-order valence-corrected chi connectivity index (χ2v) is 12.2. The van der Waals surface area contributed by atoms with Crippen molar-refractivity contribution >= 4 is 23.5 Å². The fourth-order valence-corrected chi connectivity index (χ4v) is 5.74. The number of hydrogen-bond acceptors (Lipinski definition) is 6. The lowest BCUT2D eigenvalue weighted by Gasteiger charge is -2.38. The van der Waals surface area contributed by atoms with Gasteiger partial charge in [-0.1, -0.05) is 67.2 Å². The van der Waals surface area contributed by atoms with E-state index in [0.717, 1.165) is 36.1 Å². The van der Waals surface area contributed by atoms with Gasteiger partial charge in [-0.05, 0) is 50.7 Å². The van der Waals surface area contributed by atoms with Gasteiger partial charge in [0.1, 0.15) is 11.9 Å². The molecule has 262 valence electrons. The Morgan fingerprint density at radius 3 is 2.34 bits per heavy atom. The zero-order chi connectivity index (χ0) is 35.8. The Bertz CT molecular complexity index is 1800. The third kappa shape index (κ3) is 8.32. The Hall–Kier alpha value is -5.20. The Morgan fingerprint density at radius 2 is 1.72 bits per heavy atom. The number of halogens is 2. The lowest BCUT2D eigenvalue weighted by molar-refractivity contribution is -0.121. The predicted octanol–water partition coefficient (Wildman–Crippen LogP) is 5.10. The number of benzene rings is 3. The van der Waals surface area contributed by atoms with Gasteiger partial charge < -0.3 is 15.4 Å². The van der Waals surface area contributed by atoms with Crippen molar-refractivity contribution in [2.24, 2.45) is 0 Å². The fourth-order valence-electron chi connectivity index (χ4n) is 5.74. The molecule has 1 aromatic heterocycles. The number of likely N-dealkylation sites (N-methyl/N-ethyl adjacent to an activating group) is 2. The number of aromatic nitrogens is 2. The summed E-state index contributed by atoms with van der Waals surface area (Å²) in [6, 6.07) is 24.2. The lowest BCUT2D eigenvalue weighted by atomic mass is 10.0. The highest BCUT2D eigenvalue weighted by Crippen LogP contribution is 2.30. The van der Waals surface area contributed by atoms with Crippen molar-refractivity contribution in [3.63, 3.8) is 0 Å². The van der Waals surface area contributed by atoms with Gasteiger partial charge in [0.25, 0.3) is 18.2 Å². The van der Waals surface area contributed by atoms with E-state index in [1.165, 1.54) is 18.2 Å². The highest BCUT2D eigenvalue weighted by atomic mass is 19.3. The highest BCUT2D eigenvalue weighted by Gasteiger charge is 2.36. The Morgan fingerprint density at radius 1 is 1.04 bits per heavy atom. The van der Waals surface area contributed by atoms with Crippen LogP contribution in [0.25, 0.3) is 5.69 Å². The second kappa shape index (κ2) is 16.5. The van der Waals surface area contributed by atoms with Crippen LogP contribution in [0, 0.1) is 0 Å². The third-order valence-corrected chi connectivity index (χ3v) is 8.98. The Kier molecular flexibility index (Phi) is 11.9. The molecule has 10 nitrogen and oxygen atoms in total. The quantitative estimate of drug-likeness (QED) is 0.213. The molecule has 6 rings (SSSR count). The van der Waals surface area contributed by atoms with E-state index >= 15 is 0 Å². The van der Waals surface area contributed by atoms with E-state index in [1.807, 2.05) is 81.6 Å². The molecule has 2 aliphatic rings. The molecule has 2 N–H and O–H groups in total. The minimum absolute atomic E-state index is 0.0136. The molecule has 0 radical (unpaired) electrons. The Balaban J connectivity index is 0.000000211. The van der Waals surface area contributed by atoms with Gasteiger partial charge in [-0.25, -0.2) is 13.5 Å². The number of anilines is 1. The molecule has 2 atom stereocenters. The number of carbonyl (C=O) groups excluding carboxylic acids is 3. The number of nitrogens with zero attached hydrogens (tertiary/aromatic N) is 4. The molecule has 50 heavy (non-hydrogen) atoms. The van der Waals surface area contributed by atoms with Crippen molar-refractivity contribution in [2.45, 2.75) is 51.4 Å². The fraction of sp³-hybridized carbons (Fsp3) is 0.316. The monoisotopic (exact) mass is 684 g/mol. The topological polar surface area (TPSA) is 109 Å². The molecule has 12 heteroatoms. The molecule has 0 aliphatic carbocycles. The predicted molar refractivity (Wildman–Crippen MR) is 187 cm³/mol. The second-order valence-electron chi connectivity index (χ2n) is 12.2. The summed E-state index contributed by atoms with van der Waals surface area (Å²) in [7, 11) is 2.01. The van der Waals surface area contributed by atoms with Crippen molar-refractivity contribution in [1.29, 1.82) is 0 Å². The average molecular weight is 685 g/mol. The summed E-state index contributed by atoms with van der Waals surface area (Å²) in [5.41, 5.74) is 3.19. The van der Waals surface area contributed by atoms with E-state index in [-0.39, 0.29) is 35.4 Å². The number of ether oxygens (including phenoxy) is 1. The van der Waals surface area contributed by atoms with Crippen LogP contribution in [0.5, 0.6) is 0 Å². The van der Waals surface area contributed by atoms with Gasteiger partial charge in [0, 0.05) is 47.8 Å². The molecule has 2 aliphatic heterocycles. The van der Waals surface area contributed by atoms with E-state index < -0.39 is 18.4 Å². The number of fused-ring (bicyclic) bond motifs is 1. The van der Waals surface area contributed by atoms with Gasteiger partial charge in [0.2, 0.25) is 5.91 Å². The maximum absolute atomic E-state index is 13.1. The summed E-state index contributed by atoms with van der Waals surface area (Å²) >= 11 is 0. The maximum atomic E-state index is 13.1. The molecule has 3 amide bonds. The normalized spacial score (nSPS) is 16.2. The third-order valence-electron chi connectivity index (χ3n) is 8.98. The summed E-state index contributed by atoms with van der Waals surface area (Å²) in [4.78, 5) is 41.6. The van der Waals surface area contributed by atoms with Crippen LogP contribution in [-0.4, -0.2) is 77.3 Å². The first-order valence-electron chi connectivity index (χ1n) is 16.5. The zero-order valence-electron chi connectivity index (χ0n) is 28.4. The summed E-state index contributed by atoms with van der Waals surface area (Å²) in [5, 5.41) is 10.0. The standard InChI is InChI=1S/C22H20F2N4O2.C16H22N2O2/c1-2-27-21-16(13-25-28(21)17-9-4-3-5-10-17)12-18(22(27)30)26-20(29)15-8-6-7-14(11-15)19(23)24;1-12(13(2)18(3)15-10-20-11-15)16(19)17-9-14-7-5-4-6-8-14/h3-11,13,18-19H,2,12H2,1H3,(H,26,29);4-8,13,15H,1,9-11H2,2-3H3,(H,17,19). The number of para-hydroxylation sites is 1. The molecule has 3 aromatic carbocycles. The van der Waals surface area contributed by atoms with E-state index in [1.54, 1.807) is 15.8 Å². The number of alkyl halides is 2. The summed E-state index contributed by atoms with van der Waals surface area (Å²) in [5.74, 6) is -0.237.